The SMILES string of the molecule is CC(=O)N[C@@H](Cc1ccccc1)C(=O)Sc1ccccc1NC(=O)C1(C)CCCCC1. The third kappa shape index (κ3) is 6.44. The second-order valence-corrected chi connectivity index (χ2v) is 9.48. The number of hydrogen-bond acceptors (Lipinski definition) is 4. The third-order valence-corrected chi connectivity index (χ3v) is 6.86. The first kappa shape index (κ1) is 23.1. The second-order valence-electron chi connectivity index (χ2n) is 8.44. The van der Waals surface area contributed by atoms with Crippen LogP contribution in [0.1, 0.15) is 51.5 Å². The molecule has 1 fully saturated rings. The van der Waals surface area contributed by atoms with Gasteiger partial charge in [-0.1, -0.05) is 68.7 Å². The van der Waals surface area contributed by atoms with Crippen LogP contribution < -0.4 is 10.6 Å². The van der Waals surface area contributed by atoms with E-state index in [-0.39, 0.29) is 22.3 Å². The predicted molar refractivity (Wildman–Crippen MR) is 125 cm³/mol. The lowest BCUT2D eigenvalue weighted by molar-refractivity contribution is -0.126. The highest BCUT2D eigenvalue weighted by atomic mass is 32.2. The summed E-state index contributed by atoms with van der Waals surface area (Å²) < 4.78 is 0. The number of rotatable bonds is 7. The van der Waals surface area contributed by atoms with E-state index in [1.807, 2.05) is 61.5 Å². The molecule has 6 heteroatoms. The molecule has 3 rings (SSSR count). The minimum Gasteiger partial charge on any atom is -0.345 e. The van der Waals surface area contributed by atoms with Gasteiger partial charge in [0.05, 0.1) is 5.69 Å². The van der Waals surface area contributed by atoms with Gasteiger partial charge in [-0.15, -0.1) is 0 Å². The van der Waals surface area contributed by atoms with Gasteiger partial charge in [0.25, 0.3) is 0 Å². The van der Waals surface area contributed by atoms with E-state index in [0.717, 1.165) is 43.0 Å². The molecule has 2 aromatic rings. The minimum absolute atomic E-state index is 0.00963. The van der Waals surface area contributed by atoms with Crippen LogP contribution in [0.25, 0.3) is 0 Å². The molecule has 0 radical (unpaired) electrons. The van der Waals surface area contributed by atoms with Gasteiger partial charge in [0.2, 0.25) is 16.9 Å². The van der Waals surface area contributed by atoms with Gasteiger partial charge in [-0.25, -0.2) is 0 Å². The predicted octanol–water partition coefficient (Wildman–Crippen LogP) is 4.96. The first-order valence-corrected chi connectivity index (χ1v) is 11.6. The first-order valence-electron chi connectivity index (χ1n) is 10.8. The lowest BCUT2D eigenvalue weighted by Gasteiger charge is -2.32. The van der Waals surface area contributed by atoms with Gasteiger partial charge in [0, 0.05) is 23.7 Å². The molecule has 2 N–H and O–H groups in total. The number of carbonyl (C=O) groups is 3. The van der Waals surface area contributed by atoms with Crippen molar-refractivity contribution >= 4 is 34.4 Å². The van der Waals surface area contributed by atoms with Crippen molar-refractivity contribution in [3.8, 4) is 0 Å². The molecule has 2 aromatic carbocycles. The Morgan fingerprint density at radius 2 is 1.61 bits per heavy atom. The summed E-state index contributed by atoms with van der Waals surface area (Å²) in [6.45, 7) is 3.43. The standard InChI is InChI=1S/C25H30N2O3S/c1-18(28)26-21(17-19-11-5-3-6-12-19)23(29)31-22-14-8-7-13-20(22)27-24(30)25(2)15-9-4-10-16-25/h3,5-8,11-14,21H,4,9-10,15-17H2,1-2H3,(H,26,28)(H,27,30)/t21-/m0/s1. The summed E-state index contributed by atoms with van der Waals surface area (Å²) in [6, 6.07) is 16.3. The fourth-order valence-electron chi connectivity index (χ4n) is 3.96. The molecule has 0 aliphatic heterocycles. The van der Waals surface area contributed by atoms with Gasteiger partial charge in [-0.3, -0.25) is 14.4 Å². The van der Waals surface area contributed by atoms with Crippen molar-refractivity contribution in [2.24, 2.45) is 5.41 Å². The molecular formula is C25H30N2O3S. The van der Waals surface area contributed by atoms with Gasteiger partial charge in [0.15, 0.2) is 0 Å². The molecule has 5 nitrogen and oxygen atoms in total. The highest BCUT2D eigenvalue weighted by Crippen LogP contribution is 2.38. The molecule has 1 atom stereocenters. The maximum Gasteiger partial charge on any atom is 0.230 e. The molecule has 0 saturated heterocycles. The molecule has 31 heavy (non-hydrogen) atoms. The van der Waals surface area contributed by atoms with Gasteiger partial charge in [-0.05, 0) is 42.3 Å². The molecule has 1 aliphatic carbocycles. The zero-order valence-electron chi connectivity index (χ0n) is 18.1. The van der Waals surface area contributed by atoms with Crippen LogP contribution >= 0.6 is 11.8 Å². The summed E-state index contributed by atoms with van der Waals surface area (Å²) in [4.78, 5) is 38.5. The van der Waals surface area contributed by atoms with Crippen LogP contribution in [0.5, 0.6) is 0 Å². The Kier molecular flexibility index (Phi) is 7.91. The highest BCUT2D eigenvalue weighted by molar-refractivity contribution is 8.14. The van der Waals surface area contributed by atoms with E-state index in [2.05, 4.69) is 10.6 Å². The average Bonchev–Trinajstić information content (AvgIpc) is 2.75. The van der Waals surface area contributed by atoms with Crippen molar-refractivity contribution in [3.05, 3.63) is 60.2 Å². The van der Waals surface area contributed by atoms with E-state index >= 15 is 0 Å². The molecule has 0 unspecified atom stereocenters. The average molecular weight is 439 g/mol. The van der Waals surface area contributed by atoms with Crippen molar-refractivity contribution in [1.82, 2.24) is 5.32 Å². The lowest BCUT2D eigenvalue weighted by atomic mass is 9.75. The molecule has 1 saturated carbocycles. The normalized spacial score (nSPS) is 16.2. The summed E-state index contributed by atoms with van der Waals surface area (Å²) in [5.74, 6) is -0.239. The number of hydrogen-bond donors (Lipinski definition) is 2. The minimum atomic E-state index is -0.649. The maximum absolute atomic E-state index is 13.1. The monoisotopic (exact) mass is 438 g/mol. The summed E-state index contributed by atoms with van der Waals surface area (Å²) in [7, 11) is 0. The van der Waals surface area contributed by atoms with E-state index in [1.165, 1.54) is 13.3 Å². The molecule has 164 valence electrons. The Bertz CT molecular complexity index is 923. The summed E-state index contributed by atoms with van der Waals surface area (Å²) in [6.07, 6.45) is 5.49. The van der Waals surface area contributed by atoms with Crippen molar-refractivity contribution < 1.29 is 14.4 Å². The first-order chi connectivity index (χ1) is 14.9. The Balaban J connectivity index is 1.73. The molecule has 0 heterocycles. The van der Waals surface area contributed by atoms with E-state index in [0.29, 0.717) is 17.0 Å². The Labute approximate surface area is 188 Å². The van der Waals surface area contributed by atoms with Gasteiger partial charge >= 0.3 is 0 Å². The maximum atomic E-state index is 13.1. The second kappa shape index (κ2) is 10.6. The molecule has 0 aromatic heterocycles. The van der Waals surface area contributed by atoms with Crippen LogP contribution in [-0.2, 0) is 20.8 Å². The van der Waals surface area contributed by atoms with Crippen LogP contribution in [0.4, 0.5) is 5.69 Å². The van der Waals surface area contributed by atoms with Crippen molar-refractivity contribution in [2.75, 3.05) is 5.32 Å². The van der Waals surface area contributed by atoms with Crippen molar-refractivity contribution in [1.29, 1.82) is 0 Å². The van der Waals surface area contributed by atoms with Crippen LogP contribution in [-0.4, -0.2) is 23.0 Å². The fourth-order valence-corrected chi connectivity index (χ4v) is 4.84. The Hall–Kier alpha value is -2.60. The summed E-state index contributed by atoms with van der Waals surface area (Å²) in [5.41, 5.74) is 1.24. The number of amides is 2. The number of nitrogens with one attached hydrogen (secondary N) is 2. The summed E-state index contributed by atoms with van der Waals surface area (Å²) >= 11 is 1.06. The van der Waals surface area contributed by atoms with Crippen LogP contribution in [0.3, 0.4) is 0 Å². The third-order valence-electron chi connectivity index (χ3n) is 5.80. The largest absolute Gasteiger partial charge is 0.345 e. The molecule has 1 aliphatic rings. The molecule has 0 bridgehead atoms. The van der Waals surface area contributed by atoms with Gasteiger partial charge in [-0.2, -0.15) is 0 Å². The smallest absolute Gasteiger partial charge is 0.230 e. The van der Waals surface area contributed by atoms with Gasteiger partial charge in [0.1, 0.15) is 6.04 Å². The van der Waals surface area contributed by atoms with Gasteiger partial charge < -0.3 is 10.6 Å². The zero-order chi connectivity index (χ0) is 22.3. The molecule has 2 amide bonds. The van der Waals surface area contributed by atoms with E-state index in [4.69, 9.17) is 0 Å². The number of thioether (sulfide) groups is 1. The fraction of sp³-hybridized carbons (Fsp3) is 0.400. The van der Waals surface area contributed by atoms with Crippen LogP contribution in [0.15, 0.2) is 59.5 Å². The Morgan fingerprint density at radius 1 is 0.968 bits per heavy atom. The van der Waals surface area contributed by atoms with E-state index in [9.17, 15) is 14.4 Å². The molecular weight excluding hydrogens is 408 g/mol. The van der Waals surface area contributed by atoms with E-state index in [1.54, 1.807) is 0 Å². The number of benzene rings is 2. The lowest BCUT2D eigenvalue weighted by Crippen LogP contribution is -2.40. The van der Waals surface area contributed by atoms with Crippen molar-refractivity contribution in [2.45, 2.75) is 63.3 Å². The Morgan fingerprint density at radius 3 is 2.29 bits per heavy atom. The quantitative estimate of drug-likeness (QED) is 0.599. The summed E-state index contributed by atoms with van der Waals surface area (Å²) in [5, 5.41) is 5.66. The number of para-hydroxylation sites is 1. The topological polar surface area (TPSA) is 75.3 Å². The van der Waals surface area contributed by atoms with E-state index < -0.39 is 6.04 Å². The zero-order valence-corrected chi connectivity index (χ0v) is 19.0. The van der Waals surface area contributed by atoms with Crippen LogP contribution in [0.2, 0.25) is 0 Å². The molecule has 0 spiro atoms. The van der Waals surface area contributed by atoms with Crippen LogP contribution in [0, 0.1) is 5.41 Å². The number of carbonyl (C=O) groups excluding carboxylic acids is 3. The van der Waals surface area contributed by atoms with Crippen molar-refractivity contribution in [3.63, 3.8) is 0 Å². The highest BCUT2D eigenvalue weighted by Gasteiger charge is 2.35. The number of anilines is 1.